The van der Waals surface area contributed by atoms with E-state index in [1.54, 1.807) is 24.3 Å². The molecule has 24 heavy (non-hydrogen) atoms. The summed E-state index contributed by atoms with van der Waals surface area (Å²) < 4.78 is 13.1. The van der Waals surface area contributed by atoms with Crippen molar-refractivity contribution in [3.63, 3.8) is 0 Å². The van der Waals surface area contributed by atoms with Crippen molar-refractivity contribution < 1.29 is 9.18 Å². The average molecular weight is 366 g/mol. The number of hydrogen-bond donors (Lipinski definition) is 1. The molecule has 0 atom stereocenters. The molecule has 0 unspecified atom stereocenters. The number of nitrogens with one attached hydrogen (secondary N) is 1. The van der Waals surface area contributed by atoms with Gasteiger partial charge in [0.2, 0.25) is 11.7 Å². The maximum absolute atomic E-state index is 13.1. The first-order valence-electron chi connectivity index (χ1n) is 6.80. The molecule has 0 spiro atoms. The molecule has 0 radical (unpaired) electrons. The van der Waals surface area contributed by atoms with Crippen LogP contribution in [0, 0.1) is 5.82 Å². The minimum atomic E-state index is -0.557. The van der Waals surface area contributed by atoms with Crippen molar-refractivity contribution >= 4 is 34.8 Å². The first-order valence-corrected chi connectivity index (χ1v) is 7.55. The first kappa shape index (κ1) is 16.4. The van der Waals surface area contributed by atoms with Gasteiger partial charge in [-0.3, -0.25) is 4.79 Å². The second-order valence-electron chi connectivity index (χ2n) is 4.83. The van der Waals surface area contributed by atoms with Gasteiger partial charge in [0.05, 0.1) is 5.02 Å². The van der Waals surface area contributed by atoms with Gasteiger partial charge in [-0.2, -0.15) is 4.80 Å². The molecule has 0 bridgehead atoms. The third kappa shape index (κ3) is 3.87. The van der Waals surface area contributed by atoms with Crippen molar-refractivity contribution in [3.8, 4) is 11.4 Å². The van der Waals surface area contributed by atoms with Crippen LogP contribution in [0.1, 0.15) is 0 Å². The Morgan fingerprint density at radius 2 is 2.04 bits per heavy atom. The monoisotopic (exact) mass is 365 g/mol. The molecule has 1 heterocycles. The minimum absolute atomic E-state index is 0.0741. The Morgan fingerprint density at radius 3 is 2.79 bits per heavy atom. The molecule has 0 saturated heterocycles. The number of anilines is 1. The van der Waals surface area contributed by atoms with Gasteiger partial charge in [-0.25, -0.2) is 4.39 Å². The third-order valence-electron chi connectivity index (χ3n) is 3.02. The molecule has 3 aromatic rings. The first-order chi connectivity index (χ1) is 11.5. The van der Waals surface area contributed by atoms with Crippen molar-refractivity contribution in [2.75, 3.05) is 5.32 Å². The molecule has 9 heteroatoms. The third-order valence-corrected chi connectivity index (χ3v) is 3.55. The standard InChI is InChI=1S/C15H10Cl2FN5O/c16-10-3-1-2-9(6-10)15-20-22-23(21-15)8-14(24)19-11-4-5-13(18)12(17)7-11/h1-7H,8H2,(H,19,24). The zero-order valence-corrected chi connectivity index (χ0v) is 13.6. The molecule has 0 aliphatic rings. The molecule has 6 nitrogen and oxygen atoms in total. The zero-order valence-electron chi connectivity index (χ0n) is 12.1. The number of carbonyl (C=O) groups excluding carboxylic acids is 1. The predicted octanol–water partition coefficient (Wildman–Crippen LogP) is 3.42. The Balaban J connectivity index is 1.68. The van der Waals surface area contributed by atoms with Crippen molar-refractivity contribution in [2.24, 2.45) is 0 Å². The number of halogens is 3. The Kier molecular flexibility index (Phi) is 4.73. The number of amides is 1. The fourth-order valence-electron chi connectivity index (χ4n) is 1.96. The van der Waals surface area contributed by atoms with E-state index in [2.05, 4.69) is 20.7 Å². The second-order valence-corrected chi connectivity index (χ2v) is 5.67. The zero-order chi connectivity index (χ0) is 17.1. The van der Waals surface area contributed by atoms with E-state index in [1.807, 2.05) is 0 Å². The van der Waals surface area contributed by atoms with Crippen LogP contribution in [0.4, 0.5) is 10.1 Å². The van der Waals surface area contributed by atoms with Crippen LogP contribution in [0.25, 0.3) is 11.4 Å². The van der Waals surface area contributed by atoms with Crippen LogP contribution in [0.15, 0.2) is 42.5 Å². The van der Waals surface area contributed by atoms with E-state index in [0.717, 1.165) is 4.80 Å². The highest BCUT2D eigenvalue weighted by Crippen LogP contribution is 2.20. The molecule has 1 aromatic heterocycles. The molecule has 1 N–H and O–H groups in total. The molecule has 0 aliphatic heterocycles. The van der Waals surface area contributed by atoms with Gasteiger partial charge in [-0.15, -0.1) is 10.2 Å². The summed E-state index contributed by atoms with van der Waals surface area (Å²) in [6.07, 6.45) is 0. The van der Waals surface area contributed by atoms with Gasteiger partial charge in [-0.1, -0.05) is 35.3 Å². The highest BCUT2D eigenvalue weighted by molar-refractivity contribution is 6.31. The number of nitrogens with zero attached hydrogens (tertiary/aromatic N) is 4. The molecule has 0 saturated carbocycles. The van der Waals surface area contributed by atoms with E-state index in [9.17, 15) is 9.18 Å². The second kappa shape index (κ2) is 6.94. The normalized spacial score (nSPS) is 10.6. The number of hydrogen-bond acceptors (Lipinski definition) is 4. The van der Waals surface area contributed by atoms with Crippen LogP contribution < -0.4 is 5.32 Å². The predicted molar refractivity (Wildman–Crippen MR) is 88.3 cm³/mol. The van der Waals surface area contributed by atoms with Crippen LogP contribution in [-0.4, -0.2) is 26.1 Å². The van der Waals surface area contributed by atoms with Gasteiger partial charge in [0.1, 0.15) is 12.4 Å². The number of rotatable bonds is 4. The quantitative estimate of drug-likeness (QED) is 0.768. The average Bonchev–Trinajstić information content (AvgIpc) is 2.99. The van der Waals surface area contributed by atoms with Crippen molar-refractivity contribution in [3.05, 3.63) is 58.3 Å². The van der Waals surface area contributed by atoms with Gasteiger partial charge in [0.25, 0.3) is 0 Å². The molecule has 0 fully saturated rings. The van der Waals surface area contributed by atoms with E-state index in [0.29, 0.717) is 22.1 Å². The Morgan fingerprint density at radius 1 is 1.21 bits per heavy atom. The van der Waals surface area contributed by atoms with Crippen molar-refractivity contribution in [1.82, 2.24) is 20.2 Å². The summed E-state index contributed by atoms with van der Waals surface area (Å²) >= 11 is 11.6. The summed E-state index contributed by atoms with van der Waals surface area (Å²) in [5.74, 6) is -0.596. The highest BCUT2D eigenvalue weighted by atomic mass is 35.5. The lowest BCUT2D eigenvalue weighted by Crippen LogP contribution is -2.20. The van der Waals surface area contributed by atoms with Gasteiger partial charge in [0.15, 0.2) is 0 Å². The Hall–Kier alpha value is -2.51. The highest BCUT2D eigenvalue weighted by Gasteiger charge is 2.10. The molecular weight excluding hydrogens is 356 g/mol. The van der Waals surface area contributed by atoms with E-state index in [4.69, 9.17) is 23.2 Å². The summed E-state index contributed by atoms with van der Waals surface area (Å²) in [7, 11) is 0. The molecule has 3 rings (SSSR count). The van der Waals surface area contributed by atoms with Crippen LogP contribution in [0.3, 0.4) is 0 Å². The van der Waals surface area contributed by atoms with E-state index >= 15 is 0 Å². The van der Waals surface area contributed by atoms with Crippen LogP contribution in [0.2, 0.25) is 10.0 Å². The SMILES string of the molecule is O=C(Cn1nnc(-c2cccc(Cl)c2)n1)Nc1ccc(F)c(Cl)c1. The lowest BCUT2D eigenvalue weighted by Gasteiger charge is -2.05. The lowest BCUT2D eigenvalue weighted by molar-refractivity contribution is -0.117. The summed E-state index contributed by atoms with van der Waals surface area (Å²) in [6.45, 7) is -0.150. The summed E-state index contributed by atoms with van der Waals surface area (Å²) in [5, 5.41) is 14.9. The van der Waals surface area contributed by atoms with Crippen LogP contribution in [-0.2, 0) is 11.3 Å². The number of tetrazole rings is 1. The van der Waals surface area contributed by atoms with E-state index in [1.165, 1.54) is 18.2 Å². The number of carbonyl (C=O) groups is 1. The van der Waals surface area contributed by atoms with Crippen LogP contribution in [0.5, 0.6) is 0 Å². The number of aromatic nitrogens is 4. The maximum atomic E-state index is 13.1. The molecule has 122 valence electrons. The minimum Gasteiger partial charge on any atom is -0.324 e. The van der Waals surface area contributed by atoms with Crippen LogP contribution >= 0.6 is 23.2 Å². The Labute approximate surface area is 146 Å². The largest absolute Gasteiger partial charge is 0.324 e. The maximum Gasteiger partial charge on any atom is 0.248 e. The van der Waals surface area contributed by atoms with Gasteiger partial charge >= 0.3 is 0 Å². The summed E-state index contributed by atoms with van der Waals surface area (Å²) in [4.78, 5) is 13.1. The molecular formula is C15H10Cl2FN5O. The lowest BCUT2D eigenvalue weighted by atomic mass is 10.2. The topological polar surface area (TPSA) is 72.7 Å². The van der Waals surface area contributed by atoms with E-state index < -0.39 is 11.7 Å². The fraction of sp³-hybridized carbons (Fsp3) is 0.0667. The fourth-order valence-corrected chi connectivity index (χ4v) is 2.33. The van der Waals surface area contributed by atoms with Gasteiger partial charge < -0.3 is 5.32 Å². The molecule has 2 aromatic carbocycles. The van der Waals surface area contributed by atoms with Crippen molar-refractivity contribution in [2.45, 2.75) is 6.54 Å². The number of benzene rings is 2. The summed E-state index contributed by atoms with van der Waals surface area (Å²) in [5.41, 5.74) is 1.07. The smallest absolute Gasteiger partial charge is 0.248 e. The Bertz CT molecular complexity index is 899. The summed E-state index contributed by atoms with van der Waals surface area (Å²) in [6, 6.07) is 10.9. The molecule has 0 aliphatic carbocycles. The van der Waals surface area contributed by atoms with Gasteiger partial charge in [0, 0.05) is 16.3 Å². The van der Waals surface area contributed by atoms with E-state index in [-0.39, 0.29) is 11.6 Å². The van der Waals surface area contributed by atoms with Crippen molar-refractivity contribution in [1.29, 1.82) is 0 Å². The molecule has 1 amide bonds. The van der Waals surface area contributed by atoms with Gasteiger partial charge in [-0.05, 0) is 35.5 Å².